The molecule has 2 N–H and O–H groups in total. The summed E-state index contributed by atoms with van der Waals surface area (Å²) in [4.78, 5) is 1.92. The minimum Gasteiger partial charge on any atom is -0.329 e. The lowest BCUT2D eigenvalue weighted by molar-refractivity contribution is -0.136. The van der Waals surface area contributed by atoms with Crippen LogP contribution in [0.1, 0.15) is 33.1 Å². The van der Waals surface area contributed by atoms with Crippen molar-refractivity contribution in [3.63, 3.8) is 0 Å². The zero-order chi connectivity index (χ0) is 12.1. The molecule has 0 bridgehead atoms. The molecule has 1 atom stereocenters. The Hall–Kier alpha value is -0.290. The van der Waals surface area contributed by atoms with E-state index in [9.17, 15) is 13.2 Å². The topological polar surface area (TPSA) is 29.3 Å². The zero-order valence-corrected chi connectivity index (χ0v) is 9.69. The van der Waals surface area contributed by atoms with E-state index in [0.717, 1.165) is 6.42 Å². The number of nitrogens with two attached hydrogens (primary N) is 1. The molecule has 0 aromatic carbocycles. The van der Waals surface area contributed by atoms with Gasteiger partial charge in [0.15, 0.2) is 0 Å². The average molecular weight is 226 g/mol. The number of rotatable bonds is 6. The maximum Gasteiger partial charge on any atom is 0.389 e. The summed E-state index contributed by atoms with van der Waals surface area (Å²) in [6.07, 6.45) is -3.80. The van der Waals surface area contributed by atoms with E-state index in [0.29, 0.717) is 13.1 Å². The number of hydrogen-bond acceptors (Lipinski definition) is 2. The molecule has 5 heteroatoms. The fourth-order valence-corrected chi connectivity index (χ4v) is 1.36. The SMILES string of the molecule is CCC(C)(CN)N(C)CCCC(F)(F)F. The first kappa shape index (κ1) is 14.7. The average Bonchev–Trinajstić information content (AvgIpc) is 2.14. The predicted octanol–water partition coefficient (Wildman–Crippen LogP) is 2.39. The standard InChI is InChI=1S/C10H21F3N2/c1-4-9(2,8-14)15(3)7-5-6-10(11,12)13/h4-8,14H2,1-3H3. The number of nitrogens with zero attached hydrogens (tertiary/aromatic N) is 1. The molecule has 0 spiro atoms. The highest BCUT2D eigenvalue weighted by Gasteiger charge is 2.29. The molecule has 92 valence electrons. The summed E-state index contributed by atoms with van der Waals surface area (Å²) in [6.45, 7) is 4.86. The predicted molar refractivity (Wildman–Crippen MR) is 55.7 cm³/mol. The van der Waals surface area contributed by atoms with Gasteiger partial charge in [-0.3, -0.25) is 4.90 Å². The first-order valence-electron chi connectivity index (χ1n) is 5.23. The molecule has 0 fully saturated rings. The Balaban J connectivity index is 3.97. The van der Waals surface area contributed by atoms with Gasteiger partial charge in [-0.25, -0.2) is 0 Å². The van der Waals surface area contributed by atoms with Crippen LogP contribution in [-0.2, 0) is 0 Å². The largest absolute Gasteiger partial charge is 0.389 e. The minimum absolute atomic E-state index is 0.135. The van der Waals surface area contributed by atoms with Crippen molar-refractivity contribution in [2.45, 2.75) is 44.8 Å². The fourth-order valence-electron chi connectivity index (χ4n) is 1.36. The third kappa shape index (κ3) is 5.37. The Morgan fingerprint density at radius 2 is 1.80 bits per heavy atom. The smallest absolute Gasteiger partial charge is 0.329 e. The fraction of sp³-hybridized carbons (Fsp3) is 1.00. The second-order valence-electron chi connectivity index (χ2n) is 4.19. The molecule has 0 aliphatic carbocycles. The van der Waals surface area contributed by atoms with Crippen molar-refractivity contribution in [1.82, 2.24) is 4.90 Å². The summed E-state index contributed by atoms with van der Waals surface area (Å²) in [5.41, 5.74) is 5.42. The van der Waals surface area contributed by atoms with Crippen LogP contribution in [0.3, 0.4) is 0 Å². The van der Waals surface area contributed by atoms with Gasteiger partial charge in [0.25, 0.3) is 0 Å². The highest BCUT2D eigenvalue weighted by molar-refractivity contribution is 4.83. The number of likely N-dealkylation sites (N-methyl/N-ethyl adjacent to an activating group) is 1. The Labute approximate surface area is 89.6 Å². The van der Waals surface area contributed by atoms with Gasteiger partial charge in [-0.15, -0.1) is 0 Å². The Bertz CT molecular complexity index is 176. The van der Waals surface area contributed by atoms with Crippen LogP contribution in [0.2, 0.25) is 0 Å². The van der Waals surface area contributed by atoms with Crippen LogP contribution in [-0.4, -0.2) is 36.8 Å². The van der Waals surface area contributed by atoms with E-state index in [-0.39, 0.29) is 12.0 Å². The number of halogens is 3. The molecule has 0 aliphatic heterocycles. The van der Waals surface area contributed by atoms with Gasteiger partial charge in [0.2, 0.25) is 0 Å². The van der Waals surface area contributed by atoms with Crippen LogP contribution in [0.5, 0.6) is 0 Å². The van der Waals surface area contributed by atoms with Crippen LogP contribution in [0.25, 0.3) is 0 Å². The monoisotopic (exact) mass is 226 g/mol. The molecule has 1 unspecified atom stereocenters. The van der Waals surface area contributed by atoms with Crippen LogP contribution >= 0.6 is 0 Å². The van der Waals surface area contributed by atoms with E-state index in [1.807, 2.05) is 25.8 Å². The van der Waals surface area contributed by atoms with Crippen molar-refractivity contribution >= 4 is 0 Å². The van der Waals surface area contributed by atoms with E-state index < -0.39 is 12.6 Å². The number of hydrogen-bond donors (Lipinski definition) is 1. The van der Waals surface area contributed by atoms with Crippen LogP contribution in [0.15, 0.2) is 0 Å². The molecule has 0 saturated heterocycles. The first-order valence-corrected chi connectivity index (χ1v) is 5.23. The summed E-state index contributed by atoms with van der Waals surface area (Å²) in [7, 11) is 1.83. The molecular formula is C10H21F3N2. The second-order valence-corrected chi connectivity index (χ2v) is 4.19. The molecular weight excluding hydrogens is 205 g/mol. The van der Waals surface area contributed by atoms with Crippen LogP contribution < -0.4 is 5.73 Å². The lowest BCUT2D eigenvalue weighted by Gasteiger charge is -2.37. The molecule has 0 aromatic rings. The third-order valence-electron chi connectivity index (χ3n) is 3.08. The maximum atomic E-state index is 11.9. The van der Waals surface area contributed by atoms with Crippen molar-refractivity contribution in [3.05, 3.63) is 0 Å². The van der Waals surface area contributed by atoms with Crippen molar-refractivity contribution in [3.8, 4) is 0 Å². The zero-order valence-electron chi connectivity index (χ0n) is 9.69. The molecule has 15 heavy (non-hydrogen) atoms. The molecule has 0 radical (unpaired) electrons. The third-order valence-corrected chi connectivity index (χ3v) is 3.08. The molecule has 2 nitrogen and oxygen atoms in total. The van der Waals surface area contributed by atoms with Crippen molar-refractivity contribution in [1.29, 1.82) is 0 Å². The van der Waals surface area contributed by atoms with E-state index in [2.05, 4.69) is 0 Å². The van der Waals surface area contributed by atoms with Crippen LogP contribution in [0, 0.1) is 0 Å². The summed E-state index contributed by atoms with van der Waals surface area (Å²) in [5.74, 6) is 0. The summed E-state index contributed by atoms with van der Waals surface area (Å²) in [5, 5.41) is 0. The molecule has 0 amide bonds. The first-order chi connectivity index (χ1) is 6.75. The van der Waals surface area contributed by atoms with Gasteiger partial charge < -0.3 is 5.73 Å². The summed E-state index contributed by atoms with van der Waals surface area (Å²) < 4.78 is 35.8. The van der Waals surface area contributed by atoms with E-state index in [1.54, 1.807) is 0 Å². The number of alkyl halides is 3. The van der Waals surface area contributed by atoms with E-state index in [4.69, 9.17) is 5.73 Å². The van der Waals surface area contributed by atoms with Gasteiger partial charge in [-0.05, 0) is 33.4 Å². The summed E-state index contributed by atoms with van der Waals surface area (Å²) in [6, 6.07) is 0. The lowest BCUT2D eigenvalue weighted by Crippen LogP contribution is -2.49. The van der Waals surface area contributed by atoms with Gasteiger partial charge in [-0.2, -0.15) is 13.2 Å². The summed E-state index contributed by atoms with van der Waals surface area (Å²) >= 11 is 0. The Kier molecular flexibility index (Phi) is 5.59. The molecule has 0 rings (SSSR count). The van der Waals surface area contributed by atoms with Crippen molar-refractivity contribution < 1.29 is 13.2 Å². The van der Waals surface area contributed by atoms with E-state index >= 15 is 0 Å². The molecule has 0 aromatic heterocycles. The Morgan fingerprint density at radius 3 is 2.13 bits per heavy atom. The second kappa shape index (κ2) is 5.70. The highest BCUT2D eigenvalue weighted by Crippen LogP contribution is 2.23. The molecule has 0 saturated carbocycles. The molecule has 0 aliphatic rings. The maximum absolute atomic E-state index is 11.9. The van der Waals surface area contributed by atoms with Crippen LogP contribution in [0.4, 0.5) is 13.2 Å². The quantitative estimate of drug-likeness (QED) is 0.753. The van der Waals surface area contributed by atoms with E-state index in [1.165, 1.54) is 0 Å². The minimum atomic E-state index is -4.05. The highest BCUT2D eigenvalue weighted by atomic mass is 19.4. The Morgan fingerprint density at radius 1 is 1.27 bits per heavy atom. The van der Waals surface area contributed by atoms with Gasteiger partial charge in [-0.1, -0.05) is 6.92 Å². The van der Waals surface area contributed by atoms with Gasteiger partial charge in [0.1, 0.15) is 0 Å². The normalized spacial score (nSPS) is 16.8. The van der Waals surface area contributed by atoms with Crippen molar-refractivity contribution in [2.24, 2.45) is 5.73 Å². The van der Waals surface area contributed by atoms with Crippen molar-refractivity contribution in [2.75, 3.05) is 20.1 Å². The lowest BCUT2D eigenvalue weighted by atomic mass is 9.97. The molecule has 0 heterocycles. The van der Waals surface area contributed by atoms with Gasteiger partial charge in [0.05, 0.1) is 0 Å². The van der Waals surface area contributed by atoms with Gasteiger partial charge >= 0.3 is 6.18 Å². The van der Waals surface area contributed by atoms with Gasteiger partial charge in [0, 0.05) is 18.5 Å².